The largest absolute Gasteiger partial charge is 0.383 e. The molecular weight excluding hydrogens is 184 g/mol. The molecule has 1 fully saturated rings. The Morgan fingerprint density at radius 3 is 2.73 bits per heavy atom. The van der Waals surface area contributed by atoms with Crippen molar-refractivity contribution >= 4 is 11.4 Å². The maximum Gasteiger partial charge on any atom is 0.0582 e. The average Bonchev–Trinajstić information content (AvgIpc) is 2.35. The van der Waals surface area contributed by atoms with Crippen LogP contribution in [0, 0.1) is 6.92 Å². The van der Waals surface area contributed by atoms with Crippen LogP contribution in [0.25, 0.3) is 0 Å². The summed E-state index contributed by atoms with van der Waals surface area (Å²) in [6.45, 7) is 3.25. The Hall–Kier alpha value is -1.18. The van der Waals surface area contributed by atoms with Crippen LogP contribution in [-0.4, -0.2) is 12.1 Å². The van der Waals surface area contributed by atoms with E-state index in [9.17, 15) is 0 Å². The van der Waals surface area contributed by atoms with Crippen molar-refractivity contribution in [2.24, 2.45) is 0 Å². The molecule has 0 aromatic heterocycles. The Labute approximate surface area is 91.1 Å². The standard InChI is InChI=1S/C13H18N2/c1-10-3-4-11-12(9-10)15-13(5-2-6-13)7-8-14-11/h3-4,9,14-15H,2,5-8H2,1H3. The van der Waals surface area contributed by atoms with Crippen molar-refractivity contribution in [3.63, 3.8) is 0 Å². The summed E-state index contributed by atoms with van der Waals surface area (Å²) >= 11 is 0. The van der Waals surface area contributed by atoms with Gasteiger partial charge >= 0.3 is 0 Å². The van der Waals surface area contributed by atoms with Gasteiger partial charge in [-0.05, 0) is 50.3 Å². The van der Waals surface area contributed by atoms with Crippen molar-refractivity contribution in [3.05, 3.63) is 23.8 Å². The Kier molecular flexibility index (Phi) is 1.91. The second-order valence-corrected chi connectivity index (χ2v) is 4.98. The van der Waals surface area contributed by atoms with Gasteiger partial charge < -0.3 is 10.6 Å². The summed E-state index contributed by atoms with van der Waals surface area (Å²) in [5.41, 5.74) is 4.31. The van der Waals surface area contributed by atoms with Crippen LogP contribution in [-0.2, 0) is 0 Å². The van der Waals surface area contributed by atoms with Gasteiger partial charge in [-0.1, -0.05) is 6.07 Å². The number of nitrogens with one attached hydrogen (secondary N) is 2. The molecule has 1 heterocycles. The first-order valence-electron chi connectivity index (χ1n) is 5.90. The van der Waals surface area contributed by atoms with E-state index in [1.54, 1.807) is 0 Å². The summed E-state index contributed by atoms with van der Waals surface area (Å²) < 4.78 is 0. The highest BCUT2D eigenvalue weighted by atomic mass is 15.1. The van der Waals surface area contributed by atoms with E-state index in [4.69, 9.17) is 0 Å². The molecule has 0 amide bonds. The fourth-order valence-electron chi connectivity index (χ4n) is 2.68. The molecule has 1 aliphatic carbocycles. The molecule has 1 aliphatic heterocycles. The van der Waals surface area contributed by atoms with Crippen molar-refractivity contribution < 1.29 is 0 Å². The van der Waals surface area contributed by atoms with E-state index < -0.39 is 0 Å². The molecule has 3 rings (SSSR count). The van der Waals surface area contributed by atoms with Gasteiger partial charge in [-0.15, -0.1) is 0 Å². The summed E-state index contributed by atoms with van der Waals surface area (Å²) in [4.78, 5) is 0. The van der Waals surface area contributed by atoms with Crippen LogP contribution in [0.2, 0.25) is 0 Å². The third-order valence-corrected chi connectivity index (χ3v) is 3.80. The predicted molar refractivity (Wildman–Crippen MR) is 64.5 cm³/mol. The molecule has 2 N–H and O–H groups in total. The molecule has 0 atom stereocenters. The summed E-state index contributed by atoms with van der Waals surface area (Å²) in [6.07, 6.45) is 5.30. The molecule has 1 aromatic rings. The number of hydrogen-bond acceptors (Lipinski definition) is 2. The number of hydrogen-bond donors (Lipinski definition) is 2. The van der Waals surface area contributed by atoms with Crippen LogP contribution < -0.4 is 10.6 Å². The summed E-state index contributed by atoms with van der Waals surface area (Å²) in [5, 5.41) is 7.26. The monoisotopic (exact) mass is 202 g/mol. The topological polar surface area (TPSA) is 24.1 Å². The Morgan fingerprint density at radius 1 is 1.13 bits per heavy atom. The SMILES string of the molecule is Cc1ccc2c(c1)NC1(CCC1)CCN2. The third kappa shape index (κ3) is 1.48. The van der Waals surface area contributed by atoms with E-state index in [1.807, 2.05) is 0 Å². The van der Waals surface area contributed by atoms with Gasteiger partial charge in [-0.3, -0.25) is 0 Å². The minimum Gasteiger partial charge on any atom is -0.383 e. The van der Waals surface area contributed by atoms with E-state index in [-0.39, 0.29) is 0 Å². The zero-order valence-electron chi connectivity index (χ0n) is 9.27. The zero-order chi connectivity index (χ0) is 10.3. The molecule has 1 aromatic carbocycles. The maximum absolute atomic E-state index is 3.75. The quantitative estimate of drug-likeness (QED) is 0.675. The Morgan fingerprint density at radius 2 is 2.00 bits per heavy atom. The first-order chi connectivity index (χ1) is 7.27. The number of aryl methyl sites for hydroxylation is 1. The van der Waals surface area contributed by atoms with Crippen molar-refractivity contribution in [2.45, 2.75) is 38.1 Å². The van der Waals surface area contributed by atoms with Crippen molar-refractivity contribution in [2.75, 3.05) is 17.2 Å². The number of benzene rings is 1. The molecule has 2 aliphatic rings. The van der Waals surface area contributed by atoms with Gasteiger partial charge in [-0.25, -0.2) is 0 Å². The second kappa shape index (κ2) is 3.16. The molecule has 15 heavy (non-hydrogen) atoms. The van der Waals surface area contributed by atoms with Crippen molar-refractivity contribution in [3.8, 4) is 0 Å². The Bertz CT molecular complexity index is 380. The lowest BCUT2D eigenvalue weighted by Gasteiger charge is -2.42. The first-order valence-corrected chi connectivity index (χ1v) is 5.90. The molecule has 2 heteroatoms. The molecule has 0 saturated heterocycles. The first kappa shape index (κ1) is 9.08. The highest BCUT2D eigenvalue weighted by Crippen LogP contribution is 2.41. The van der Waals surface area contributed by atoms with Gasteiger partial charge in [0.05, 0.1) is 11.4 Å². The second-order valence-electron chi connectivity index (χ2n) is 4.98. The van der Waals surface area contributed by atoms with Crippen LogP contribution >= 0.6 is 0 Å². The number of rotatable bonds is 0. The zero-order valence-corrected chi connectivity index (χ0v) is 9.27. The van der Waals surface area contributed by atoms with Gasteiger partial charge in [0.25, 0.3) is 0 Å². The van der Waals surface area contributed by atoms with Gasteiger partial charge in [0.2, 0.25) is 0 Å². The van der Waals surface area contributed by atoms with Gasteiger partial charge in [-0.2, -0.15) is 0 Å². The normalized spacial score (nSPS) is 21.9. The van der Waals surface area contributed by atoms with Gasteiger partial charge in [0.1, 0.15) is 0 Å². The van der Waals surface area contributed by atoms with Crippen LogP contribution in [0.15, 0.2) is 18.2 Å². The van der Waals surface area contributed by atoms with E-state index in [2.05, 4.69) is 35.8 Å². The van der Waals surface area contributed by atoms with E-state index in [0.29, 0.717) is 5.54 Å². The minimum absolute atomic E-state index is 0.409. The molecule has 0 unspecified atom stereocenters. The Balaban J connectivity index is 1.96. The summed E-state index contributed by atoms with van der Waals surface area (Å²) in [5.74, 6) is 0. The summed E-state index contributed by atoms with van der Waals surface area (Å²) in [7, 11) is 0. The number of anilines is 2. The predicted octanol–water partition coefficient (Wildman–Crippen LogP) is 3.15. The molecule has 1 saturated carbocycles. The lowest BCUT2D eigenvalue weighted by molar-refractivity contribution is 0.268. The van der Waals surface area contributed by atoms with Crippen LogP contribution in [0.1, 0.15) is 31.2 Å². The molecule has 2 nitrogen and oxygen atoms in total. The smallest absolute Gasteiger partial charge is 0.0582 e. The van der Waals surface area contributed by atoms with Crippen LogP contribution in [0.5, 0.6) is 0 Å². The fraction of sp³-hybridized carbons (Fsp3) is 0.538. The molecule has 0 radical (unpaired) electrons. The molecule has 0 bridgehead atoms. The third-order valence-electron chi connectivity index (χ3n) is 3.80. The minimum atomic E-state index is 0.409. The number of fused-ring (bicyclic) bond motifs is 1. The van der Waals surface area contributed by atoms with Crippen LogP contribution in [0.3, 0.4) is 0 Å². The lowest BCUT2D eigenvalue weighted by Crippen LogP contribution is -2.45. The van der Waals surface area contributed by atoms with E-state index >= 15 is 0 Å². The van der Waals surface area contributed by atoms with Gasteiger partial charge in [0.15, 0.2) is 0 Å². The van der Waals surface area contributed by atoms with Gasteiger partial charge in [0, 0.05) is 12.1 Å². The van der Waals surface area contributed by atoms with Crippen molar-refractivity contribution in [1.29, 1.82) is 0 Å². The summed E-state index contributed by atoms with van der Waals surface area (Å²) in [6, 6.07) is 6.62. The highest BCUT2D eigenvalue weighted by Gasteiger charge is 2.37. The van der Waals surface area contributed by atoms with Crippen molar-refractivity contribution in [1.82, 2.24) is 0 Å². The van der Waals surface area contributed by atoms with E-state index in [1.165, 1.54) is 42.6 Å². The molecule has 1 spiro atoms. The fourth-order valence-corrected chi connectivity index (χ4v) is 2.68. The van der Waals surface area contributed by atoms with E-state index in [0.717, 1.165) is 6.54 Å². The molecule has 80 valence electrons. The lowest BCUT2D eigenvalue weighted by atomic mass is 9.74. The average molecular weight is 202 g/mol. The maximum atomic E-state index is 3.75. The highest BCUT2D eigenvalue weighted by molar-refractivity contribution is 5.71. The van der Waals surface area contributed by atoms with Crippen LogP contribution in [0.4, 0.5) is 11.4 Å². The molecular formula is C13H18N2.